The lowest BCUT2D eigenvalue weighted by Crippen LogP contribution is -2.22. The average molecular weight is 191 g/mol. The summed E-state index contributed by atoms with van der Waals surface area (Å²) >= 11 is 0. The van der Waals surface area contributed by atoms with Gasteiger partial charge in [0.2, 0.25) is 0 Å². The highest BCUT2D eigenvalue weighted by atomic mass is 16.7. The van der Waals surface area contributed by atoms with Crippen molar-refractivity contribution >= 4 is 0 Å². The summed E-state index contributed by atoms with van der Waals surface area (Å²) in [5.41, 5.74) is 0. The van der Waals surface area contributed by atoms with Gasteiger partial charge in [-0.1, -0.05) is 0 Å². The molecule has 0 aliphatic rings. The largest absolute Gasteiger partial charge is 0.382 e. The molecule has 1 unspecified atom stereocenters. The topological polar surface area (TPSA) is 36.9 Å². The summed E-state index contributed by atoms with van der Waals surface area (Å²) in [6, 6.07) is 0. The van der Waals surface area contributed by atoms with Crippen molar-refractivity contribution in [3.8, 4) is 0 Å². The fourth-order valence-electron chi connectivity index (χ4n) is 0.869. The van der Waals surface area contributed by atoms with E-state index in [2.05, 4.69) is 6.92 Å². The van der Waals surface area contributed by atoms with Crippen LogP contribution in [0.25, 0.3) is 0 Å². The Morgan fingerprint density at radius 1 is 1.08 bits per heavy atom. The van der Waals surface area contributed by atoms with Gasteiger partial charge in [0.15, 0.2) is 6.29 Å². The predicted molar refractivity (Wildman–Crippen MR) is 49.4 cm³/mol. The minimum absolute atomic E-state index is 0.125. The molecule has 0 rings (SSSR count). The van der Waals surface area contributed by atoms with E-state index in [1.165, 1.54) is 0 Å². The van der Waals surface area contributed by atoms with Crippen LogP contribution in [0, 0.1) is 6.92 Å². The number of methoxy groups -OCH3 is 3. The highest BCUT2D eigenvalue weighted by molar-refractivity contribution is 4.62. The van der Waals surface area contributed by atoms with Crippen LogP contribution in [0.4, 0.5) is 0 Å². The molecule has 0 aromatic heterocycles. The molecule has 0 N–H and O–H groups in total. The molecule has 0 fully saturated rings. The van der Waals surface area contributed by atoms with Crippen LogP contribution in [0.3, 0.4) is 0 Å². The van der Waals surface area contributed by atoms with E-state index in [9.17, 15) is 0 Å². The highest BCUT2D eigenvalue weighted by Crippen LogP contribution is 2.05. The zero-order chi connectivity index (χ0) is 10.1. The van der Waals surface area contributed by atoms with E-state index in [0.29, 0.717) is 19.6 Å². The monoisotopic (exact) mass is 191 g/mol. The molecule has 1 radical (unpaired) electrons. The van der Waals surface area contributed by atoms with Gasteiger partial charge in [-0.3, -0.25) is 0 Å². The minimum atomic E-state index is -0.245. The molecule has 0 amide bonds. The normalized spacial score (nSPS) is 13.6. The van der Waals surface area contributed by atoms with Gasteiger partial charge in [-0.2, -0.15) is 0 Å². The van der Waals surface area contributed by atoms with Crippen molar-refractivity contribution in [3.05, 3.63) is 6.92 Å². The van der Waals surface area contributed by atoms with Crippen LogP contribution in [0.5, 0.6) is 0 Å². The summed E-state index contributed by atoms with van der Waals surface area (Å²) in [6.07, 6.45) is 0.251. The third-order valence-electron chi connectivity index (χ3n) is 1.62. The Balaban J connectivity index is 3.42. The minimum Gasteiger partial charge on any atom is -0.382 e. The zero-order valence-corrected chi connectivity index (χ0v) is 8.62. The maximum atomic E-state index is 5.32. The van der Waals surface area contributed by atoms with Crippen molar-refractivity contribution in [1.29, 1.82) is 0 Å². The van der Waals surface area contributed by atoms with E-state index >= 15 is 0 Å². The molecule has 0 heterocycles. The molecule has 13 heavy (non-hydrogen) atoms. The van der Waals surface area contributed by atoms with Crippen molar-refractivity contribution in [3.63, 3.8) is 0 Å². The average Bonchev–Trinajstić information content (AvgIpc) is 2.14. The molecule has 0 bridgehead atoms. The second-order valence-electron chi connectivity index (χ2n) is 2.62. The van der Waals surface area contributed by atoms with Crippen molar-refractivity contribution in [2.24, 2.45) is 0 Å². The number of ether oxygens (including phenoxy) is 4. The van der Waals surface area contributed by atoms with Crippen molar-refractivity contribution in [1.82, 2.24) is 0 Å². The Labute approximate surface area is 80.1 Å². The van der Waals surface area contributed by atoms with Gasteiger partial charge < -0.3 is 18.9 Å². The summed E-state index contributed by atoms with van der Waals surface area (Å²) in [5.74, 6) is 0. The third-order valence-corrected chi connectivity index (χ3v) is 1.62. The molecule has 0 aromatic rings. The first-order valence-electron chi connectivity index (χ1n) is 4.23. The summed E-state index contributed by atoms with van der Waals surface area (Å²) in [5, 5.41) is 0. The molecule has 0 saturated carbocycles. The Bertz CT molecular complexity index is 104. The number of rotatable bonds is 8. The Morgan fingerprint density at radius 3 is 2.15 bits per heavy atom. The number of hydrogen-bond donors (Lipinski definition) is 0. The maximum Gasteiger partial charge on any atom is 0.159 e. The first-order chi connectivity index (χ1) is 6.24. The Morgan fingerprint density at radius 2 is 1.69 bits per heavy atom. The van der Waals surface area contributed by atoms with Crippen LogP contribution < -0.4 is 0 Å². The fraction of sp³-hybridized carbons (Fsp3) is 0.889. The van der Waals surface area contributed by atoms with Crippen molar-refractivity contribution in [2.75, 3.05) is 34.5 Å². The zero-order valence-electron chi connectivity index (χ0n) is 8.62. The molecule has 4 nitrogen and oxygen atoms in total. The first-order valence-corrected chi connectivity index (χ1v) is 4.23. The smallest absolute Gasteiger partial charge is 0.159 e. The second kappa shape index (κ2) is 8.44. The Kier molecular flexibility index (Phi) is 8.33. The summed E-state index contributed by atoms with van der Waals surface area (Å²) < 4.78 is 20.2. The molecular weight excluding hydrogens is 172 g/mol. The van der Waals surface area contributed by atoms with Crippen molar-refractivity contribution in [2.45, 2.75) is 18.8 Å². The molecule has 0 aliphatic heterocycles. The summed E-state index contributed by atoms with van der Waals surface area (Å²) in [7, 11) is 4.82. The second-order valence-corrected chi connectivity index (χ2v) is 2.62. The molecule has 0 spiro atoms. The molecule has 0 saturated heterocycles. The van der Waals surface area contributed by atoms with Gasteiger partial charge in [0.05, 0.1) is 19.3 Å². The van der Waals surface area contributed by atoms with Gasteiger partial charge in [0.1, 0.15) is 0 Å². The molecule has 0 aliphatic carbocycles. The Hall–Kier alpha value is -0.160. The highest BCUT2D eigenvalue weighted by Gasteiger charge is 2.11. The third kappa shape index (κ3) is 6.95. The molecule has 0 aromatic carbocycles. The lowest BCUT2D eigenvalue weighted by Gasteiger charge is -2.18. The van der Waals surface area contributed by atoms with Crippen LogP contribution >= 0.6 is 0 Å². The van der Waals surface area contributed by atoms with Crippen LogP contribution in [-0.4, -0.2) is 46.9 Å². The van der Waals surface area contributed by atoms with E-state index in [-0.39, 0.29) is 12.4 Å². The maximum absolute atomic E-state index is 5.32. The van der Waals surface area contributed by atoms with E-state index in [1.807, 2.05) is 0 Å². The van der Waals surface area contributed by atoms with E-state index < -0.39 is 0 Å². The summed E-state index contributed by atoms with van der Waals surface area (Å²) in [4.78, 5) is 0. The first kappa shape index (κ1) is 12.8. The molecule has 79 valence electrons. The van der Waals surface area contributed by atoms with Gasteiger partial charge in [-0.05, 0) is 6.92 Å². The molecule has 4 heteroatoms. The van der Waals surface area contributed by atoms with Crippen molar-refractivity contribution < 1.29 is 18.9 Å². The van der Waals surface area contributed by atoms with E-state index in [1.54, 1.807) is 21.3 Å². The van der Waals surface area contributed by atoms with E-state index in [4.69, 9.17) is 18.9 Å². The standard InChI is InChI=1S/C9H19O4/c1-8(13-6-5-10-2)7-9(11-3)12-4/h8-9H,1,5-7H2,2-4H3. The van der Waals surface area contributed by atoms with Gasteiger partial charge in [-0.15, -0.1) is 0 Å². The van der Waals surface area contributed by atoms with Gasteiger partial charge in [0, 0.05) is 27.8 Å². The van der Waals surface area contributed by atoms with Gasteiger partial charge >= 0.3 is 0 Å². The summed E-state index contributed by atoms with van der Waals surface area (Å²) in [6.45, 7) is 4.93. The SMILES string of the molecule is [CH2]C(CC(OC)OC)OCCOC. The van der Waals surface area contributed by atoms with Crippen LogP contribution in [0.1, 0.15) is 6.42 Å². The molecule has 1 atom stereocenters. The van der Waals surface area contributed by atoms with E-state index in [0.717, 1.165) is 0 Å². The van der Waals surface area contributed by atoms with Crippen LogP contribution in [0.2, 0.25) is 0 Å². The van der Waals surface area contributed by atoms with Crippen LogP contribution in [-0.2, 0) is 18.9 Å². The fourth-order valence-corrected chi connectivity index (χ4v) is 0.869. The lowest BCUT2D eigenvalue weighted by molar-refractivity contribution is -0.125. The van der Waals surface area contributed by atoms with Gasteiger partial charge in [-0.25, -0.2) is 0 Å². The number of hydrogen-bond acceptors (Lipinski definition) is 4. The van der Waals surface area contributed by atoms with Gasteiger partial charge in [0.25, 0.3) is 0 Å². The predicted octanol–water partition coefficient (Wildman–Crippen LogP) is 0.861. The molecular formula is C9H19O4. The van der Waals surface area contributed by atoms with Crippen LogP contribution in [0.15, 0.2) is 0 Å². The lowest BCUT2D eigenvalue weighted by atomic mass is 10.3. The quantitative estimate of drug-likeness (QED) is 0.421.